The Hall–Kier alpha value is -3.88. The number of alkyl carbamates (subject to hydrolysis) is 1. The Kier molecular flexibility index (Phi) is 11.6. The van der Waals surface area contributed by atoms with Crippen molar-refractivity contribution in [1.82, 2.24) is 16.0 Å². The Bertz CT molecular complexity index is 1030. The molecule has 0 spiro atoms. The van der Waals surface area contributed by atoms with Crippen molar-refractivity contribution in [2.45, 2.75) is 58.8 Å². The maximum Gasteiger partial charge on any atom is 0.408 e. The van der Waals surface area contributed by atoms with Gasteiger partial charge in [0, 0.05) is 6.42 Å². The second-order valence-electron chi connectivity index (χ2n) is 9.43. The van der Waals surface area contributed by atoms with Crippen LogP contribution < -0.4 is 16.0 Å². The number of benzene rings is 2. The highest BCUT2D eigenvalue weighted by molar-refractivity contribution is 5.93. The van der Waals surface area contributed by atoms with E-state index in [-0.39, 0.29) is 24.9 Å². The first-order chi connectivity index (χ1) is 17.6. The molecule has 2 rings (SSSR count). The predicted molar refractivity (Wildman–Crippen MR) is 139 cm³/mol. The van der Waals surface area contributed by atoms with E-state index in [0.717, 1.165) is 11.1 Å². The topological polar surface area (TPSA) is 123 Å². The molecule has 0 unspecified atom stereocenters. The molecule has 9 nitrogen and oxygen atoms in total. The van der Waals surface area contributed by atoms with E-state index in [4.69, 9.17) is 9.47 Å². The van der Waals surface area contributed by atoms with Gasteiger partial charge in [-0.1, -0.05) is 88.4 Å². The van der Waals surface area contributed by atoms with Crippen molar-refractivity contribution in [2.24, 2.45) is 11.8 Å². The maximum absolute atomic E-state index is 13.3. The summed E-state index contributed by atoms with van der Waals surface area (Å²) in [7, 11) is 1.25. The molecule has 3 amide bonds. The molecule has 0 saturated carbocycles. The van der Waals surface area contributed by atoms with Gasteiger partial charge in [0.2, 0.25) is 11.8 Å². The maximum atomic E-state index is 13.3. The third-order valence-corrected chi connectivity index (χ3v) is 5.77. The van der Waals surface area contributed by atoms with Crippen LogP contribution in [0.25, 0.3) is 0 Å². The van der Waals surface area contributed by atoms with Crippen molar-refractivity contribution in [2.75, 3.05) is 7.11 Å². The lowest BCUT2D eigenvalue weighted by Crippen LogP contribution is -2.58. The van der Waals surface area contributed by atoms with Crippen LogP contribution in [0.4, 0.5) is 4.79 Å². The monoisotopic (exact) mass is 511 g/mol. The van der Waals surface area contributed by atoms with Gasteiger partial charge >= 0.3 is 12.1 Å². The standard InChI is InChI=1S/C28H37N3O6/c1-18(2)23(26(33)31-24(19(3)4)27(34)36-5)30-25(32)22(16-20-12-8-6-9-13-20)29-28(35)37-17-21-14-10-7-11-15-21/h6-15,18-19,22-24H,16-17H2,1-5H3,(H,29,35)(H,30,32)(H,31,33)/t22-,23-,24-/m0/s1. The molecule has 0 aliphatic rings. The van der Waals surface area contributed by atoms with Gasteiger partial charge in [-0.2, -0.15) is 0 Å². The van der Waals surface area contributed by atoms with E-state index in [1.54, 1.807) is 27.7 Å². The summed E-state index contributed by atoms with van der Waals surface area (Å²) in [4.78, 5) is 51.1. The molecule has 200 valence electrons. The average molecular weight is 512 g/mol. The Balaban J connectivity index is 2.14. The number of methoxy groups -OCH3 is 1. The van der Waals surface area contributed by atoms with Gasteiger partial charge in [0.05, 0.1) is 7.11 Å². The summed E-state index contributed by atoms with van der Waals surface area (Å²) >= 11 is 0. The molecule has 0 radical (unpaired) electrons. The second-order valence-corrected chi connectivity index (χ2v) is 9.43. The van der Waals surface area contributed by atoms with E-state index in [9.17, 15) is 19.2 Å². The van der Waals surface area contributed by atoms with Gasteiger partial charge in [-0.15, -0.1) is 0 Å². The molecule has 3 atom stereocenters. The molecule has 0 fully saturated rings. The van der Waals surface area contributed by atoms with Crippen LogP contribution in [0.2, 0.25) is 0 Å². The van der Waals surface area contributed by atoms with Crippen molar-refractivity contribution >= 4 is 23.9 Å². The van der Waals surface area contributed by atoms with E-state index in [2.05, 4.69) is 16.0 Å². The first-order valence-electron chi connectivity index (χ1n) is 12.3. The molecule has 0 heterocycles. The molecule has 0 aliphatic carbocycles. The first-order valence-corrected chi connectivity index (χ1v) is 12.3. The zero-order valence-corrected chi connectivity index (χ0v) is 22.0. The summed E-state index contributed by atoms with van der Waals surface area (Å²) in [6.45, 7) is 7.17. The van der Waals surface area contributed by atoms with E-state index >= 15 is 0 Å². The smallest absolute Gasteiger partial charge is 0.408 e. The highest BCUT2D eigenvalue weighted by Crippen LogP contribution is 2.10. The first kappa shape index (κ1) is 29.4. The molecular weight excluding hydrogens is 474 g/mol. The minimum Gasteiger partial charge on any atom is -0.467 e. The van der Waals surface area contributed by atoms with Gasteiger partial charge in [-0.25, -0.2) is 9.59 Å². The van der Waals surface area contributed by atoms with Crippen molar-refractivity contribution in [3.05, 3.63) is 71.8 Å². The summed E-state index contributed by atoms with van der Waals surface area (Å²) in [5.74, 6) is -2.14. The van der Waals surface area contributed by atoms with Gasteiger partial charge in [0.1, 0.15) is 24.7 Å². The van der Waals surface area contributed by atoms with Gasteiger partial charge in [-0.3, -0.25) is 9.59 Å². The zero-order valence-electron chi connectivity index (χ0n) is 22.0. The van der Waals surface area contributed by atoms with Crippen LogP contribution in [-0.4, -0.2) is 49.1 Å². The fraction of sp³-hybridized carbons (Fsp3) is 0.429. The van der Waals surface area contributed by atoms with Crippen LogP contribution in [0.5, 0.6) is 0 Å². The number of rotatable bonds is 12. The number of hydrogen-bond donors (Lipinski definition) is 3. The van der Waals surface area contributed by atoms with Gasteiger partial charge in [-0.05, 0) is 23.0 Å². The number of carbonyl (C=O) groups is 4. The van der Waals surface area contributed by atoms with Crippen molar-refractivity contribution in [3.63, 3.8) is 0 Å². The van der Waals surface area contributed by atoms with Gasteiger partial charge in [0.25, 0.3) is 0 Å². The fourth-order valence-corrected chi connectivity index (χ4v) is 3.62. The Labute approximate surface area is 218 Å². The summed E-state index contributed by atoms with van der Waals surface area (Å²) in [5, 5.41) is 8.05. The summed E-state index contributed by atoms with van der Waals surface area (Å²) in [6, 6.07) is 15.6. The van der Waals surface area contributed by atoms with Crippen LogP contribution in [0, 0.1) is 11.8 Å². The summed E-state index contributed by atoms with van der Waals surface area (Å²) in [5.41, 5.74) is 1.63. The normalized spacial score (nSPS) is 13.3. The largest absolute Gasteiger partial charge is 0.467 e. The predicted octanol–water partition coefficient (Wildman–Crippen LogP) is 2.98. The molecule has 3 N–H and O–H groups in total. The van der Waals surface area contributed by atoms with E-state index in [1.165, 1.54) is 7.11 Å². The van der Waals surface area contributed by atoms with E-state index in [1.807, 2.05) is 60.7 Å². The molecule has 0 bridgehead atoms. The molecule has 0 aliphatic heterocycles. The van der Waals surface area contributed by atoms with Crippen LogP contribution in [0.15, 0.2) is 60.7 Å². The number of carbonyl (C=O) groups excluding carboxylic acids is 4. The molecule has 2 aromatic carbocycles. The fourth-order valence-electron chi connectivity index (χ4n) is 3.62. The van der Waals surface area contributed by atoms with Crippen LogP contribution >= 0.6 is 0 Å². The average Bonchev–Trinajstić information content (AvgIpc) is 2.88. The zero-order chi connectivity index (χ0) is 27.4. The second kappa shape index (κ2) is 14.6. The highest BCUT2D eigenvalue weighted by Gasteiger charge is 2.33. The molecular formula is C28H37N3O6. The lowest BCUT2D eigenvalue weighted by molar-refractivity contribution is -0.146. The van der Waals surface area contributed by atoms with Crippen LogP contribution in [-0.2, 0) is 36.9 Å². The third-order valence-electron chi connectivity index (χ3n) is 5.77. The van der Waals surface area contributed by atoms with Gasteiger partial charge in [0.15, 0.2) is 0 Å². The molecule has 9 heteroatoms. The quantitative estimate of drug-likeness (QED) is 0.377. The Morgan fingerprint density at radius 3 is 1.73 bits per heavy atom. The van der Waals surface area contributed by atoms with Crippen molar-refractivity contribution in [3.8, 4) is 0 Å². The van der Waals surface area contributed by atoms with Crippen LogP contribution in [0.1, 0.15) is 38.8 Å². The molecule has 37 heavy (non-hydrogen) atoms. The van der Waals surface area contributed by atoms with Gasteiger partial charge < -0.3 is 25.4 Å². The number of hydrogen-bond acceptors (Lipinski definition) is 6. The van der Waals surface area contributed by atoms with Crippen molar-refractivity contribution in [1.29, 1.82) is 0 Å². The van der Waals surface area contributed by atoms with E-state index < -0.39 is 42.0 Å². The Morgan fingerprint density at radius 2 is 1.22 bits per heavy atom. The number of esters is 1. The van der Waals surface area contributed by atoms with E-state index in [0.29, 0.717) is 0 Å². The summed E-state index contributed by atoms with van der Waals surface area (Å²) in [6.07, 6.45) is -0.563. The summed E-state index contributed by atoms with van der Waals surface area (Å²) < 4.78 is 10.1. The van der Waals surface area contributed by atoms with Crippen molar-refractivity contribution < 1.29 is 28.7 Å². The molecule has 0 aromatic heterocycles. The SMILES string of the molecule is COC(=O)[C@@H](NC(=O)[C@@H](NC(=O)[C@H](Cc1ccccc1)NC(=O)OCc1ccccc1)C(C)C)C(C)C. The van der Waals surface area contributed by atoms with Crippen LogP contribution in [0.3, 0.4) is 0 Å². The molecule has 0 saturated heterocycles. The molecule has 2 aromatic rings. The third kappa shape index (κ3) is 9.59. The number of ether oxygens (including phenoxy) is 2. The minimum atomic E-state index is -0.999. The highest BCUT2D eigenvalue weighted by atomic mass is 16.5. The number of nitrogens with one attached hydrogen (secondary N) is 3. The minimum absolute atomic E-state index is 0.0491. The number of amides is 3. The Morgan fingerprint density at radius 1 is 0.703 bits per heavy atom. The lowest BCUT2D eigenvalue weighted by Gasteiger charge is -2.28. The lowest BCUT2D eigenvalue weighted by atomic mass is 9.99.